The Morgan fingerprint density at radius 2 is 2.00 bits per heavy atom. The van der Waals surface area contributed by atoms with E-state index in [0.717, 1.165) is 0 Å². The van der Waals surface area contributed by atoms with Crippen molar-refractivity contribution in [2.75, 3.05) is 6.61 Å². The molecular weight excluding hydrogens is 449 g/mol. The van der Waals surface area contributed by atoms with Crippen LogP contribution in [0, 0.1) is 0 Å². The van der Waals surface area contributed by atoms with Crippen molar-refractivity contribution in [1.82, 2.24) is 14.5 Å². The number of carbonyl (C=O) groups is 2. The Labute approximate surface area is 186 Å². The zero-order chi connectivity index (χ0) is 22.1. The van der Waals surface area contributed by atoms with Gasteiger partial charge in [0.25, 0.3) is 0 Å². The predicted octanol–water partition coefficient (Wildman–Crippen LogP) is 2.79. The van der Waals surface area contributed by atoms with Gasteiger partial charge in [-0.3, -0.25) is 9.36 Å². The maximum absolute atomic E-state index is 12.2. The number of benzene rings is 1. The normalized spacial score (nSPS) is 23.1. The Bertz CT molecular complexity index is 1120. The lowest BCUT2D eigenvalue weighted by atomic mass is 10.1. The van der Waals surface area contributed by atoms with Crippen LogP contribution in [-0.4, -0.2) is 56.5 Å². The molecule has 0 radical (unpaired) electrons. The number of nitrogens with zero attached hydrogens (tertiary/aromatic N) is 3. The van der Waals surface area contributed by atoms with Crippen LogP contribution < -0.4 is 0 Å². The highest BCUT2D eigenvalue weighted by Crippen LogP contribution is 2.35. The third-order valence-electron chi connectivity index (χ3n) is 4.77. The van der Waals surface area contributed by atoms with Gasteiger partial charge in [-0.25, -0.2) is 14.8 Å². The number of fused-ring (bicyclic) bond motifs is 1. The second kappa shape index (κ2) is 8.80. The molecule has 4 atom stereocenters. The molecule has 1 saturated heterocycles. The lowest BCUT2D eigenvalue weighted by Crippen LogP contribution is -2.37. The first-order chi connectivity index (χ1) is 14.8. The van der Waals surface area contributed by atoms with Crippen LogP contribution in [0.5, 0.6) is 0 Å². The van der Waals surface area contributed by atoms with E-state index in [1.54, 1.807) is 30.3 Å². The van der Waals surface area contributed by atoms with Crippen LogP contribution in [0.15, 0.2) is 42.7 Å². The summed E-state index contributed by atoms with van der Waals surface area (Å²) < 4.78 is 18.0. The topological polar surface area (TPSA) is 113 Å². The Kier molecular flexibility index (Phi) is 6.10. The number of aliphatic hydroxyl groups is 1. The van der Waals surface area contributed by atoms with Crippen molar-refractivity contribution < 1.29 is 28.9 Å². The minimum Gasteiger partial charge on any atom is -0.459 e. The highest BCUT2D eigenvalue weighted by Gasteiger charge is 2.48. The molecule has 11 heteroatoms. The Morgan fingerprint density at radius 1 is 1.26 bits per heavy atom. The van der Waals surface area contributed by atoms with Gasteiger partial charge in [0.15, 0.2) is 17.5 Å². The van der Waals surface area contributed by atoms with E-state index in [0.29, 0.717) is 16.6 Å². The number of carbonyl (C=O) groups excluding carboxylic acids is 2. The van der Waals surface area contributed by atoms with Crippen LogP contribution in [-0.2, 0) is 19.0 Å². The maximum Gasteiger partial charge on any atom is 0.338 e. The van der Waals surface area contributed by atoms with Crippen LogP contribution in [0.1, 0.15) is 23.5 Å². The Hall–Kier alpha value is -2.72. The Morgan fingerprint density at radius 3 is 2.71 bits per heavy atom. The van der Waals surface area contributed by atoms with Gasteiger partial charge in [0.2, 0.25) is 0 Å². The number of aliphatic hydroxyl groups excluding tert-OH is 1. The summed E-state index contributed by atoms with van der Waals surface area (Å²) in [4.78, 5) is 32.0. The van der Waals surface area contributed by atoms with E-state index in [2.05, 4.69) is 9.97 Å². The van der Waals surface area contributed by atoms with Crippen molar-refractivity contribution in [1.29, 1.82) is 0 Å². The number of rotatable bonds is 5. The molecule has 3 heterocycles. The largest absolute Gasteiger partial charge is 0.459 e. The van der Waals surface area contributed by atoms with Crippen molar-refractivity contribution in [2.45, 2.75) is 31.5 Å². The van der Waals surface area contributed by atoms with Crippen molar-refractivity contribution in [3.05, 3.63) is 58.6 Å². The number of imidazole rings is 1. The van der Waals surface area contributed by atoms with Crippen molar-refractivity contribution in [2.24, 2.45) is 0 Å². The molecule has 0 amide bonds. The third kappa shape index (κ3) is 4.35. The SMILES string of the molecule is CC(=O)O[C@H]1[C@@H](O)[C@@H](COC(=O)c2ccccc2)O[C@@H]1n1cnc2c(Cl)nc(Cl)cc21. The average Bonchev–Trinajstić information content (AvgIpc) is 3.28. The molecule has 1 fully saturated rings. The predicted molar refractivity (Wildman–Crippen MR) is 110 cm³/mol. The van der Waals surface area contributed by atoms with Gasteiger partial charge in [0, 0.05) is 13.0 Å². The molecule has 4 rings (SSSR count). The lowest BCUT2D eigenvalue weighted by molar-refractivity contribution is -0.155. The Balaban J connectivity index is 1.59. The molecule has 2 aromatic heterocycles. The molecular formula is C20H17Cl2N3O6. The summed E-state index contributed by atoms with van der Waals surface area (Å²) in [7, 11) is 0. The van der Waals surface area contributed by atoms with E-state index in [9.17, 15) is 14.7 Å². The first-order valence-corrected chi connectivity index (χ1v) is 10.0. The molecule has 31 heavy (non-hydrogen) atoms. The number of hydrogen-bond donors (Lipinski definition) is 1. The average molecular weight is 466 g/mol. The van der Waals surface area contributed by atoms with Gasteiger partial charge >= 0.3 is 11.9 Å². The van der Waals surface area contributed by atoms with Crippen molar-refractivity contribution in [3.8, 4) is 0 Å². The fourth-order valence-electron chi connectivity index (χ4n) is 3.38. The fourth-order valence-corrected chi connectivity index (χ4v) is 3.85. The summed E-state index contributed by atoms with van der Waals surface area (Å²) in [6.07, 6.45) is -2.84. The van der Waals surface area contributed by atoms with E-state index >= 15 is 0 Å². The van der Waals surface area contributed by atoms with E-state index < -0.39 is 36.5 Å². The lowest BCUT2D eigenvalue weighted by Gasteiger charge is -2.21. The van der Waals surface area contributed by atoms with Gasteiger partial charge < -0.3 is 19.3 Å². The first kappa shape index (κ1) is 21.5. The van der Waals surface area contributed by atoms with Crippen LogP contribution in [0.25, 0.3) is 11.0 Å². The molecule has 1 aliphatic heterocycles. The smallest absolute Gasteiger partial charge is 0.338 e. The number of ether oxygens (including phenoxy) is 3. The molecule has 0 bridgehead atoms. The van der Waals surface area contributed by atoms with Crippen LogP contribution in [0.2, 0.25) is 10.3 Å². The monoisotopic (exact) mass is 465 g/mol. The number of halogens is 2. The quantitative estimate of drug-likeness (QED) is 0.451. The standard InChI is InChI=1S/C20H17Cl2N3O6/c1-10(26)30-17-16(27)13(8-29-20(28)11-5-3-2-4-6-11)31-19(17)25-9-23-15-12(25)7-14(21)24-18(15)22/h2-7,9,13,16-17,19,27H,8H2,1H3/t13-,16+,17+,19+/m1/s1. The van der Waals surface area contributed by atoms with Crippen molar-refractivity contribution >= 4 is 46.2 Å². The molecule has 0 unspecified atom stereocenters. The minimum atomic E-state index is -1.26. The fraction of sp³-hybridized carbons (Fsp3) is 0.300. The van der Waals surface area contributed by atoms with E-state index in [1.807, 2.05) is 0 Å². The summed E-state index contributed by atoms with van der Waals surface area (Å²) in [6, 6.07) is 9.94. The summed E-state index contributed by atoms with van der Waals surface area (Å²) >= 11 is 12.1. The minimum absolute atomic E-state index is 0.0946. The molecule has 162 valence electrons. The van der Waals surface area contributed by atoms with Crippen LogP contribution in [0.3, 0.4) is 0 Å². The summed E-state index contributed by atoms with van der Waals surface area (Å²) in [6.45, 7) is 0.967. The highest BCUT2D eigenvalue weighted by molar-refractivity contribution is 6.36. The summed E-state index contributed by atoms with van der Waals surface area (Å²) in [5, 5.41) is 11.0. The van der Waals surface area contributed by atoms with E-state index in [1.165, 1.54) is 23.9 Å². The zero-order valence-electron chi connectivity index (χ0n) is 16.1. The number of aromatic nitrogens is 3. The number of pyridine rings is 1. The van der Waals surface area contributed by atoms with Gasteiger partial charge in [-0.1, -0.05) is 41.4 Å². The molecule has 1 aliphatic rings. The molecule has 9 nitrogen and oxygen atoms in total. The van der Waals surface area contributed by atoms with Crippen LogP contribution >= 0.6 is 23.2 Å². The van der Waals surface area contributed by atoms with E-state index in [-0.39, 0.29) is 16.9 Å². The molecule has 0 saturated carbocycles. The highest BCUT2D eigenvalue weighted by atomic mass is 35.5. The first-order valence-electron chi connectivity index (χ1n) is 9.26. The van der Waals surface area contributed by atoms with Gasteiger partial charge in [-0.15, -0.1) is 0 Å². The summed E-state index contributed by atoms with van der Waals surface area (Å²) in [5.41, 5.74) is 1.20. The second-order valence-electron chi connectivity index (χ2n) is 6.85. The van der Waals surface area contributed by atoms with E-state index in [4.69, 9.17) is 37.4 Å². The van der Waals surface area contributed by atoms with Gasteiger partial charge in [0.1, 0.15) is 29.5 Å². The molecule has 0 aliphatic carbocycles. The zero-order valence-corrected chi connectivity index (χ0v) is 17.7. The third-order valence-corrected chi connectivity index (χ3v) is 5.22. The van der Waals surface area contributed by atoms with Crippen LogP contribution in [0.4, 0.5) is 0 Å². The number of hydrogen-bond acceptors (Lipinski definition) is 8. The molecule has 3 aromatic rings. The maximum atomic E-state index is 12.2. The van der Waals surface area contributed by atoms with Crippen molar-refractivity contribution in [3.63, 3.8) is 0 Å². The molecule has 1 aromatic carbocycles. The van der Waals surface area contributed by atoms with Gasteiger partial charge in [-0.05, 0) is 12.1 Å². The van der Waals surface area contributed by atoms with Gasteiger partial charge in [-0.2, -0.15) is 0 Å². The molecule has 0 spiro atoms. The summed E-state index contributed by atoms with van der Waals surface area (Å²) in [5.74, 6) is -1.18. The molecule has 1 N–H and O–H groups in total. The second-order valence-corrected chi connectivity index (χ2v) is 7.59. The van der Waals surface area contributed by atoms with Gasteiger partial charge in [0.05, 0.1) is 17.4 Å². The number of esters is 2.